The Labute approximate surface area is 175 Å². The molecule has 1 amide bonds. The summed E-state index contributed by atoms with van der Waals surface area (Å²) in [5.41, 5.74) is 0.305. The van der Waals surface area contributed by atoms with Crippen LogP contribution in [0, 0.1) is 5.82 Å². The number of rotatable bonds is 6. The average molecular weight is 437 g/mol. The molecule has 1 atom stereocenters. The number of methoxy groups -OCH3 is 1. The largest absolute Gasteiger partial charge is 0.497 e. The summed E-state index contributed by atoms with van der Waals surface area (Å²) in [4.78, 5) is 12.8. The van der Waals surface area contributed by atoms with Crippen LogP contribution in [0.5, 0.6) is 11.5 Å². The van der Waals surface area contributed by atoms with Gasteiger partial charge in [0.05, 0.1) is 25.1 Å². The zero-order chi connectivity index (χ0) is 22.1. The zero-order valence-electron chi connectivity index (χ0n) is 17.3. The predicted molar refractivity (Wildman–Crippen MR) is 112 cm³/mol. The standard InChI is InChI=1S/C21H25FN2O5S/c1-21(2)12-18(17-11-16(28-3)8-9-19(17)29-21)23-20(25)13-24(30(4,26)27)15-7-5-6-14(22)10-15/h5-11,18H,12-13H2,1-4H3,(H,23,25)/t18-/m1/s1. The van der Waals surface area contributed by atoms with E-state index >= 15 is 0 Å². The first kappa shape index (κ1) is 21.9. The van der Waals surface area contributed by atoms with E-state index in [1.54, 1.807) is 25.3 Å². The van der Waals surface area contributed by atoms with Gasteiger partial charge in [0.15, 0.2) is 0 Å². The molecule has 9 heteroatoms. The van der Waals surface area contributed by atoms with Crippen molar-refractivity contribution in [3.63, 3.8) is 0 Å². The van der Waals surface area contributed by atoms with Gasteiger partial charge in [-0.1, -0.05) is 6.07 Å². The van der Waals surface area contributed by atoms with E-state index in [9.17, 15) is 17.6 Å². The summed E-state index contributed by atoms with van der Waals surface area (Å²) < 4.78 is 50.2. The van der Waals surface area contributed by atoms with Gasteiger partial charge in [-0.15, -0.1) is 0 Å². The van der Waals surface area contributed by atoms with Crippen molar-refractivity contribution in [3.8, 4) is 11.5 Å². The Morgan fingerprint density at radius 1 is 1.30 bits per heavy atom. The Kier molecular flexibility index (Phi) is 5.94. The van der Waals surface area contributed by atoms with Crippen LogP contribution in [0.4, 0.5) is 10.1 Å². The van der Waals surface area contributed by atoms with Crippen molar-refractivity contribution >= 4 is 21.6 Å². The fraction of sp³-hybridized carbons (Fsp3) is 0.381. The third-order valence-electron chi connectivity index (χ3n) is 4.79. The summed E-state index contributed by atoms with van der Waals surface area (Å²) in [5, 5.41) is 2.89. The number of carbonyl (C=O) groups excluding carboxylic acids is 1. The van der Waals surface area contributed by atoms with Gasteiger partial charge in [-0.2, -0.15) is 0 Å². The zero-order valence-corrected chi connectivity index (χ0v) is 18.1. The number of hydrogen-bond acceptors (Lipinski definition) is 5. The van der Waals surface area contributed by atoms with Crippen LogP contribution in [0.2, 0.25) is 0 Å². The summed E-state index contributed by atoms with van der Waals surface area (Å²) in [5.74, 6) is 0.145. The van der Waals surface area contributed by atoms with Crippen LogP contribution in [0.25, 0.3) is 0 Å². The fourth-order valence-electron chi connectivity index (χ4n) is 3.49. The fourth-order valence-corrected chi connectivity index (χ4v) is 4.34. The van der Waals surface area contributed by atoms with Crippen LogP contribution in [0.3, 0.4) is 0 Å². The molecular formula is C21H25FN2O5S. The number of sulfonamides is 1. The Morgan fingerprint density at radius 2 is 2.03 bits per heavy atom. The van der Waals surface area contributed by atoms with Crippen molar-refractivity contribution in [2.45, 2.75) is 31.9 Å². The number of ether oxygens (including phenoxy) is 2. The number of nitrogens with zero attached hydrogens (tertiary/aromatic N) is 1. The Morgan fingerprint density at radius 3 is 2.67 bits per heavy atom. The highest BCUT2D eigenvalue weighted by molar-refractivity contribution is 7.92. The highest BCUT2D eigenvalue weighted by Crippen LogP contribution is 2.41. The number of benzene rings is 2. The highest BCUT2D eigenvalue weighted by Gasteiger charge is 2.35. The molecule has 0 aliphatic carbocycles. The molecule has 0 bridgehead atoms. The smallest absolute Gasteiger partial charge is 0.241 e. The summed E-state index contributed by atoms with van der Waals surface area (Å²) in [7, 11) is -2.26. The molecule has 2 aromatic carbocycles. The number of anilines is 1. The first-order valence-electron chi connectivity index (χ1n) is 9.38. The van der Waals surface area contributed by atoms with Crippen LogP contribution in [0.1, 0.15) is 31.9 Å². The van der Waals surface area contributed by atoms with Crippen LogP contribution in [-0.4, -0.2) is 39.8 Å². The van der Waals surface area contributed by atoms with Crippen molar-refractivity contribution in [2.75, 3.05) is 24.2 Å². The molecule has 1 heterocycles. The molecule has 3 rings (SSSR count). The summed E-state index contributed by atoms with van der Waals surface area (Å²) in [6.07, 6.45) is 1.46. The van der Waals surface area contributed by atoms with E-state index in [0.29, 0.717) is 17.9 Å². The molecule has 0 fully saturated rings. The van der Waals surface area contributed by atoms with Crippen LogP contribution in [0.15, 0.2) is 42.5 Å². The van der Waals surface area contributed by atoms with E-state index in [1.807, 2.05) is 13.8 Å². The molecule has 0 spiro atoms. The molecule has 0 radical (unpaired) electrons. The molecule has 0 aromatic heterocycles. The molecule has 0 saturated heterocycles. The first-order valence-corrected chi connectivity index (χ1v) is 11.2. The summed E-state index contributed by atoms with van der Waals surface area (Å²) in [6.45, 7) is 3.35. The van der Waals surface area contributed by atoms with E-state index in [-0.39, 0.29) is 5.69 Å². The van der Waals surface area contributed by atoms with E-state index in [1.165, 1.54) is 18.2 Å². The molecule has 1 aliphatic heterocycles. The minimum atomic E-state index is -3.80. The van der Waals surface area contributed by atoms with Gasteiger partial charge in [-0.05, 0) is 50.2 Å². The Balaban J connectivity index is 1.86. The molecular weight excluding hydrogens is 411 g/mol. The summed E-state index contributed by atoms with van der Waals surface area (Å²) in [6, 6.07) is 10.1. The Hall–Kier alpha value is -2.81. The topological polar surface area (TPSA) is 84.9 Å². The van der Waals surface area contributed by atoms with E-state index < -0.39 is 39.9 Å². The monoisotopic (exact) mass is 436 g/mol. The molecule has 30 heavy (non-hydrogen) atoms. The van der Waals surface area contributed by atoms with Crippen molar-refractivity contribution in [1.29, 1.82) is 0 Å². The minimum Gasteiger partial charge on any atom is -0.497 e. The third kappa shape index (κ3) is 5.02. The average Bonchev–Trinajstić information content (AvgIpc) is 2.64. The van der Waals surface area contributed by atoms with E-state index in [0.717, 1.165) is 22.2 Å². The normalized spacial score (nSPS) is 17.4. The van der Waals surface area contributed by atoms with Crippen molar-refractivity contribution in [2.24, 2.45) is 0 Å². The van der Waals surface area contributed by atoms with Crippen LogP contribution < -0.4 is 19.1 Å². The number of halogens is 1. The second kappa shape index (κ2) is 8.14. The van der Waals surface area contributed by atoms with Crippen molar-refractivity contribution in [3.05, 3.63) is 53.8 Å². The van der Waals surface area contributed by atoms with Crippen LogP contribution in [-0.2, 0) is 14.8 Å². The van der Waals surface area contributed by atoms with Gasteiger partial charge in [0.2, 0.25) is 15.9 Å². The second-order valence-corrected chi connectivity index (χ2v) is 9.75. The minimum absolute atomic E-state index is 0.0852. The highest BCUT2D eigenvalue weighted by atomic mass is 32.2. The van der Waals surface area contributed by atoms with Crippen molar-refractivity contribution in [1.82, 2.24) is 5.32 Å². The first-order chi connectivity index (χ1) is 14.0. The lowest BCUT2D eigenvalue weighted by molar-refractivity contribution is -0.120. The molecule has 1 aliphatic rings. The maximum Gasteiger partial charge on any atom is 0.241 e. The van der Waals surface area contributed by atoms with Gasteiger partial charge in [-0.3, -0.25) is 9.10 Å². The quantitative estimate of drug-likeness (QED) is 0.753. The lowest BCUT2D eigenvalue weighted by atomic mass is 9.89. The predicted octanol–water partition coefficient (Wildman–Crippen LogP) is 3.02. The number of carbonyl (C=O) groups is 1. The molecule has 7 nitrogen and oxygen atoms in total. The lowest BCUT2D eigenvalue weighted by Gasteiger charge is -2.38. The van der Waals surface area contributed by atoms with Crippen molar-refractivity contribution < 1.29 is 27.1 Å². The maximum absolute atomic E-state index is 13.6. The van der Waals surface area contributed by atoms with Gasteiger partial charge < -0.3 is 14.8 Å². The van der Waals surface area contributed by atoms with E-state index in [4.69, 9.17) is 9.47 Å². The molecule has 162 valence electrons. The van der Waals surface area contributed by atoms with Gasteiger partial charge in [0, 0.05) is 12.0 Å². The van der Waals surface area contributed by atoms with Gasteiger partial charge in [0.1, 0.15) is 29.5 Å². The third-order valence-corrected chi connectivity index (χ3v) is 5.93. The van der Waals surface area contributed by atoms with Crippen LogP contribution >= 0.6 is 0 Å². The molecule has 2 aromatic rings. The Bertz CT molecular complexity index is 1060. The number of amides is 1. The number of fused-ring (bicyclic) bond motifs is 1. The molecule has 0 saturated carbocycles. The van der Waals surface area contributed by atoms with Gasteiger partial charge in [-0.25, -0.2) is 12.8 Å². The summed E-state index contributed by atoms with van der Waals surface area (Å²) >= 11 is 0. The number of nitrogens with one attached hydrogen (secondary N) is 1. The van der Waals surface area contributed by atoms with Gasteiger partial charge >= 0.3 is 0 Å². The molecule has 1 N–H and O–H groups in total. The second-order valence-electron chi connectivity index (χ2n) is 7.84. The van der Waals surface area contributed by atoms with Gasteiger partial charge in [0.25, 0.3) is 0 Å². The van der Waals surface area contributed by atoms with E-state index in [2.05, 4.69) is 5.32 Å². The number of hydrogen-bond donors (Lipinski definition) is 1. The molecule has 0 unspecified atom stereocenters. The lowest BCUT2D eigenvalue weighted by Crippen LogP contribution is -2.45. The SMILES string of the molecule is COc1ccc2c(c1)[C@H](NC(=O)CN(c1cccc(F)c1)S(C)(=O)=O)CC(C)(C)O2. The maximum atomic E-state index is 13.6.